The summed E-state index contributed by atoms with van der Waals surface area (Å²) in [6.45, 7) is 0. The van der Waals surface area contributed by atoms with Gasteiger partial charge in [0.05, 0.1) is 5.56 Å². The molecule has 0 spiro atoms. The molecule has 0 aliphatic carbocycles. The number of benzene rings is 1. The number of halogens is 3. The van der Waals surface area contributed by atoms with Gasteiger partial charge in [-0.2, -0.15) is 13.2 Å². The van der Waals surface area contributed by atoms with E-state index in [9.17, 15) is 13.2 Å². The predicted molar refractivity (Wildman–Crippen MR) is 78.1 cm³/mol. The highest BCUT2D eigenvalue weighted by molar-refractivity contribution is 7.98. The highest BCUT2D eigenvalue weighted by Crippen LogP contribution is 2.31. The molecule has 0 saturated heterocycles. The molecule has 0 atom stereocenters. The minimum absolute atomic E-state index is 0.317. The van der Waals surface area contributed by atoms with E-state index < -0.39 is 11.7 Å². The fraction of sp³-hybridized carbons (Fsp3) is 0.231. The average Bonchev–Trinajstić information content (AvgIpc) is 2.46. The van der Waals surface area contributed by atoms with Crippen molar-refractivity contribution in [3.8, 4) is 0 Å². The largest absolute Gasteiger partial charge is 0.416 e. The second-order valence-electron chi connectivity index (χ2n) is 4.08. The molecule has 0 saturated carbocycles. The summed E-state index contributed by atoms with van der Waals surface area (Å²) >= 11 is 1.35. The topological polar surface area (TPSA) is 49.8 Å². The number of nitrogens with one attached hydrogen (secondary N) is 2. The van der Waals surface area contributed by atoms with Gasteiger partial charge in [0.25, 0.3) is 0 Å². The molecule has 4 nitrogen and oxygen atoms in total. The third-order valence-corrected chi connectivity index (χ3v) is 3.15. The zero-order valence-electron chi connectivity index (χ0n) is 11.3. The van der Waals surface area contributed by atoms with Crippen molar-refractivity contribution < 1.29 is 13.2 Å². The van der Waals surface area contributed by atoms with Crippen molar-refractivity contribution in [2.75, 3.05) is 23.9 Å². The summed E-state index contributed by atoms with van der Waals surface area (Å²) in [4.78, 5) is 8.40. The molecule has 21 heavy (non-hydrogen) atoms. The van der Waals surface area contributed by atoms with E-state index in [0.717, 1.165) is 12.1 Å². The molecule has 0 amide bonds. The fourth-order valence-electron chi connectivity index (χ4n) is 1.63. The Balaban J connectivity index is 2.30. The minimum atomic E-state index is -4.37. The van der Waals surface area contributed by atoms with Gasteiger partial charge in [0.15, 0.2) is 5.16 Å². The molecular weight excluding hydrogens is 301 g/mol. The first-order valence-corrected chi connectivity index (χ1v) is 7.20. The zero-order valence-corrected chi connectivity index (χ0v) is 12.1. The maximum atomic E-state index is 12.7. The first-order chi connectivity index (χ1) is 9.92. The molecule has 2 rings (SSSR count). The Bertz CT molecular complexity index is 609. The molecule has 0 radical (unpaired) electrons. The lowest BCUT2D eigenvalue weighted by Crippen LogP contribution is -2.06. The molecule has 8 heteroatoms. The Morgan fingerprint density at radius 2 is 1.81 bits per heavy atom. The van der Waals surface area contributed by atoms with Crippen molar-refractivity contribution in [2.45, 2.75) is 11.3 Å². The van der Waals surface area contributed by atoms with E-state index in [0.29, 0.717) is 22.5 Å². The third kappa shape index (κ3) is 4.01. The van der Waals surface area contributed by atoms with Gasteiger partial charge in [0.1, 0.15) is 11.6 Å². The maximum absolute atomic E-state index is 12.7. The van der Waals surface area contributed by atoms with Crippen molar-refractivity contribution in [1.82, 2.24) is 9.97 Å². The Kier molecular flexibility index (Phi) is 4.56. The predicted octanol–water partition coefficient (Wildman–Crippen LogP) is 4.00. The average molecular weight is 314 g/mol. The first-order valence-electron chi connectivity index (χ1n) is 5.97. The van der Waals surface area contributed by atoms with E-state index in [-0.39, 0.29) is 0 Å². The summed E-state index contributed by atoms with van der Waals surface area (Å²) in [6, 6.07) is 6.59. The van der Waals surface area contributed by atoms with Gasteiger partial charge < -0.3 is 10.6 Å². The number of nitrogens with zero attached hydrogens (tertiary/aromatic N) is 2. The SMILES string of the molecule is CNc1cc(Nc2cccc(C(F)(F)F)c2)nc(SC)n1. The molecule has 2 aromatic rings. The summed E-state index contributed by atoms with van der Waals surface area (Å²) in [5.74, 6) is 1.02. The van der Waals surface area contributed by atoms with E-state index in [1.807, 2.05) is 6.26 Å². The number of thioether (sulfide) groups is 1. The lowest BCUT2D eigenvalue weighted by atomic mass is 10.2. The van der Waals surface area contributed by atoms with Crippen LogP contribution in [0.3, 0.4) is 0 Å². The second kappa shape index (κ2) is 6.21. The summed E-state index contributed by atoms with van der Waals surface area (Å²) in [6.07, 6.45) is -2.55. The maximum Gasteiger partial charge on any atom is 0.416 e. The van der Waals surface area contributed by atoms with Gasteiger partial charge in [-0.3, -0.25) is 0 Å². The molecule has 1 aromatic carbocycles. The van der Waals surface area contributed by atoms with Gasteiger partial charge in [-0.1, -0.05) is 17.8 Å². The second-order valence-corrected chi connectivity index (χ2v) is 4.85. The van der Waals surface area contributed by atoms with Gasteiger partial charge in [0.2, 0.25) is 0 Å². The van der Waals surface area contributed by atoms with Crippen LogP contribution in [-0.4, -0.2) is 23.3 Å². The van der Waals surface area contributed by atoms with E-state index >= 15 is 0 Å². The molecule has 0 aliphatic rings. The lowest BCUT2D eigenvalue weighted by molar-refractivity contribution is -0.137. The lowest BCUT2D eigenvalue weighted by Gasteiger charge is -2.11. The standard InChI is InChI=1S/C13H13F3N4S/c1-17-10-7-11(20-12(19-10)21-2)18-9-5-3-4-8(6-9)13(14,15)16/h3-7H,1-2H3,(H2,17,18,19,20). The van der Waals surface area contributed by atoms with Crippen LogP contribution in [0.25, 0.3) is 0 Å². The van der Waals surface area contributed by atoms with Crippen LogP contribution in [0.1, 0.15) is 5.56 Å². The molecular formula is C13H13F3N4S. The fourth-order valence-corrected chi connectivity index (χ4v) is 2.01. The van der Waals surface area contributed by atoms with Crippen molar-refractivity contribution >= 4 is 29.1 Å². The number of alkyl halides is 3. The van der Waals surface area contributed by atoms with Gasteiger partial charge in [-0.15, -0.1) is 0 Å². The Morgan fingerprint density at radius 3 is 2.43 bits per heavy atom. The van der Waals surface area contributed by atoms with E-state index in [1.165, 1.54) is 17.8 Å². The summed E-state index contributed by atoms with van der Waals surface area (Å²) < 4.78 is 38.0. The summed E-state index contributed by atoms with van der Waals surface area (Å²) in [5, 5.41) is 6.26. The molecule has 0 unspecified atom stereocenters. The molecule has 112 valence electrons. The number of anilines is 3. The van der Waals surface area contributed by atoms with Crippen LogP contribution in [0.4, 0.5) is 30.5 Å². The van der Waals surface area contributed by atoms with Crippen LogP contribution in [0.2, 0.25) is 0 Å². The monoisotopic (exact) mass is 314 g/mol. The highest BCUT2D eigenvalue weighted by Gasteiger charge is 2.30. The van der Waals surface area contributed by atoms with E-state index in [2.05, 4.69) is 20.6 Å². The molecule has 1 heterocycles. The normalized spacial score (nSPS) is 11.3. The quantitative estimate of drug-likeness (QED) is 0.660. The van der Waals surface area contributed by atoms with E-state index in [4.69, 9.17) is 0 Å². The van der Waals surface area contributed by atoms with Crippen molar-refractivity contribution in [1.29, 1.82) is 0 Å². The van der Waals surface area contributed by atoms with Gasteiger partial charge in [-0.25, -0.2) is 9.97 Å². The zero-order chi connectivity index (χ0) is 15.5. The molecule has 0 aliphatic heterocycles. The van der Waals surface area contributed by atoms with Crippen LogP contribution in [0.5, 0.6) is 0 Å². The number of aromatic nitrogens is 2. The Morgan fingerprint density at radius 1 is 1.10 bits per heavy atom. The third-order valence-electron chi connectivity index (χ3n) is 2.61. The molecule has 0 bridgehead atoms. The van der Waals surface area contributed by atoms with Gasteiger partial charge in [0, 0.05) is 18.8 Å². The van der Waals surface area contributed by atoms with Crippen LogP contribution in [-0.2, 0) is 6.18 Å². The van der Waals surface area contributed by atoms with E-state index in [1.54, 1.807) is 19.2 Å². The van der Waals surface area contributed by atoms with Gasteiger partial charge >= 0.3 is 6.18 Å². The molecule has 0 fully saturated rings. The van der Waals surface area contributed by atoms with Gasteiger partial charge in [-0.05, 0) is 24.5 Å². The van der Waals surface area contributed by atoms with Crippen molar-refractivity contribution in [2.24, 2.45) is 0 Å². The first kappa shape index (κ1) is 15.4. The van der Waals surface area contributed by atoms with Crippen LogP contribution >= 0.6 is 11.8 Å². The Labute approximate surface area is 124 Å². The minimum Gasteiger partial charge on any atom is -0.373 e. The summed E-state index contributed by atoms with van der Waals surface area (Å²) in [5.41, 5.74) is -0.391. The number of rotatable bonds is 4. The molecule has 2 N–H and O–H groups in total. The number of hydrogen-bond acceptors (Lipinski definition) is 5. The Hall–Kier alpha value is -1.96. The number of hydrogen-bond donors (Lipinski definition) is 2. The van der Waals surface area contributed by atoms with Crippen LogP contribution in [0, 0.1) is 0 Å². The highest BCUT2D eigenvalue weighted by atomic mass is 32.2. The smallest absolute Gasteiger partial charge is 0.373 e. The summed E-state index contributed by atoms with van der Waals surface area (Å²) in [7, 11) is 1.71. The van der Waals surface area contributed by atoms with Crippen LogP contribution < -0.4 is 10.6 Å². The van der Waals surface area contributed by atoms with Crippen molar-refractivity contribution in [3.05, 3.63) is 35.9 Å². The van der Waals surface area contributed by atoms with Crippen LogP contribution in [0.15, 0.2) is 35.5 Å². The molecule has 1 aromatic heterocycles. The van der Waals surface area contributed by atoms with Crippen molar-refractivity contribution in [3.63, 3.8) is 0 Å².